The zero-order valence-corrected chi connectivity index (χ0v) is 15.3. The number of allylic oxidation sites excluding steroid dienone is 1. The number of carbonyl (C=O) groups is 2. The fourth-order valence-corrected chi connectivity index (χ4v) is 2.86. The van der Waals surface area contributed by atoms with E-state index in [9.17, 15) is 9.59 Å². The Labute approximate surface area is 147 Å². The van der Waals surface area contributed by atoms with Gasteiger partial charge in [-0.3, -0.25) is 9.59 Å². The van der Waals surface area contributed by atoms with Crippen LogP contribution in [-0.2, 0) is 9.59 Å². The molecule has 0 radical (unpaired) electrons. The average Bonchev–Trinajstić information content (AvgIpc) is 2.53. The van der Waals surface area contributed by atoms with Crippen molar-refractivity contribution in [3.63, 3.8) is 0 Å². The van der Waals surface area contributed by atoms with Crippen LogP contribution in [0.1, 0.15) is 103 Å². The number of carbonyl (C=O) groups excluding carboxylic acids is 1. The van der Waals surface area contributed by atoms with Crippen molar-refractivity contribution in [3.8, 4) is 0 Å². The summed E-state index contributed by atoms with van der Waals surface area (Å²) >= 11 is 0. The fraction of sp³-hybridized carbons (Fsp3) is 0.800. The number of carboxylic acid groups (broad SMARTS) is 1. The van der Waals surface area contributed by atoms with Crippen molar-refractivity contribution in [2.75, 3.05) is 0 Å². The second-order valence-electron chi connectivity index (χ2n) is 6.69. The third-order valence-electron chi connectivity index (χ3n) is 4.29. The van der Waals surface area contributed by atoms with Crippen LogP contribution < -0.4 is 5.73 Å². The second-order valence-corrected chi connectivity index (χ2v) is 6.69. The highest BCUT2D eigenvalue weighted by molar-refractivity contribution is 5.85. The SMILES string of the molecule is NC(=O)C=CCCCCCCCCCCCCCCCCC(=O)O. The molecule has 0 spiro atoms. The Hall–Kier alpha value is -1.32. The summed E-state index contributed by atoms with van der Waals surface area (Å²) in [5.41, 5.74) is 5.02. The van der Waals surface area contributed by atoms with Gasteiger partial charge in [0.25, 0.3) is 0 Å². The number of aliphatic carboxylic acids is 1. The first-order valence-electron chi connectivity index (χ1n) is 9.80. The van der Waals surface area contributed by atoms with Crippen LogP contribution in [0.15, 0.2) is 12.2 Å². The summed E-state index contributed by atoms with van der Waals surface area (Å²) in [4.78, 5) is 20.9. The third-order valence-corrected chi connectivity index (χ3v) is 4.29. The number of primary amides is 1. The van der Waals surface area contributed by atoms with Gasteiger partial charge in [-0.2, -0.15) is 0 Å². The molecule has 0 unspecified atom stereocenters. The Bertz CT molecular complexity index is 340. The van der Waals surface area contributed by atoms with Crippen molar-refractivity contribution in [1.29, 1.82) is 0 Å². The summed E-state index contributed by atoms with van der Waals surface area (Å²) in [5.74, 6) is -1.02. The molecule has 0 aliphatic carbocycles. The lowest BCUT2D eigenvalue weighted by atomic mass is 10.0. The van der Waals surface area contributed by atoms with Gasteiger partial charge in [-0.15, -0.1) is 0 Å². The number of rotatable bonds is 18. The third kappa shape index (κ3) is 20.7. The van der Waals surface area contributed by atoms with Gasteiger partial charge in [0.1, 0.15) is 0 Å². The Balaban J connectivity index is 3.05. The molecule has 0 atom stereocenters. The molecule has 0 aliphatic heterocycles. The first-order valence-corrected chi connectivity index (χ1v) is 9.80. The number of amides is 1. The number of unbranched alkanes of at least 4 members (excludes halogenated alkanes) is 14. The summed E-state index contributed by atoms with van der Waals surface area (Å²) in [6.45, 7) is 0. The first kappa shape index (κ1) is 22.7. The molecule has 0 bridgehead atoms. The Morgan fingerprint density at radius 2 is 1.04 bits per heavy atom. The molecule has 4 heteroatoms. The second kappa shape index (κ2) is 18.0. The maximum absolute atomic E-state index is 10.5. The highest BCUT2D eigenvalue weighted by Crippen LogP contribution is 2.13. The van der Waals surface area contributed by atoms with Crippen molar-refractivity contribution in [3.05, 3.63) is 12.2 Å². The van der Waals surface area contributed by atoms with Crippen LogP contribution in [0, 0.1) is 0 Å². The minimum atomic E-state index is -0.671. The smallest absolute Gasteiger partial charge is 0.303 e. The van der Waals surface area contributed by atoms with Crippen LogP contribution in [0.2, 0.25) is 0 Å². The lowest BCUT2D eigenvalue weighted by Gasteiger charge is -2.03. The van der Waals surface area contributed by atoms with Gasteiger partial charge >= 0.3 is 5.97 Å². The van der Waals surface area contributed by atoms with Gasteiger partial charge in [0, 0.05) is 6.42 Å². The van der Waals surface area contributed by atoms with Crippen molar-refractivity contribution in [1.82, 2.24) is 0 Å². The summed E-state index contributed by atoms with van der Waals surface area (Å²) in [5, 5.41) is 8.54. The van der Waals surface area contributed by atoms with E-state index < -0.39 is 5.97 Å². The molecule has 0 fully saturated rings. The van der Waals surface area contributed by atoms with Crippen molar-refractivity contribution >= 4 is 11.9 Å². The molecule has 0 aromatic heterocycles. The van der Waals surface area contributed by atoms with E-state index >= 15 is 0 Å². The van der Waals surface area contributed by atoms with E-state index in [4.69, 9.17) is 10.8 Å². The molecule has 24 heavy (non-hydrogen) atoms. The van der Waals surface area contributed by atoms with Gasteiger partial charge in [0.2, 0.25) is 5.91 Å². The zero-order chi connectivity index (χ0) is 17.9. The minimum absolute atomic E-state index is 0.323. The summed E-state index contributed by atoms with van der Waals surface area (Å²) in [7, 11) is 0. The largest absolute Gasteiger partial charge is 0.481 e. The number of hydrogen-bond donors (Lipinski definition) is 2. The van der Waals surface area contributed by atoms with Crippen LogP contribution >= 0.6 is 0 Å². The van der Waals surface area contributed by atoms with E-state index in [0.717, 1.165) is 25.7 Å². The Kier molecular flexibility index (Phi) is 17.0. The van der Waals surface area contributed by atoms with Crippen LogP contribution in [0.4, 0.5) is 0 Å². The maximum atomic E-state index is 10.5. The van der Waals surface area contributed by atoms with Gasteiger partial charge in [-0.1, -0.05) is 83.1 Å². The standard InChI is InChI=1S/C20H37NO3/c21-19(22)17-15-13-11-9-7-5-3-1-2-4-6-8-10-12-14-16-18-20(23)24/h15,17H,1-14,16,18H2,(H2,21,22)(H,23,24). The maximum Gasteiger partial charge on any atom is 0.303 e. The van der Waals surface area contributed by atoms with Gasteiger partial charge in [0.05, 0.1) is 0 Å². The van der Waals surface area contributed by atoms with E-state index in [0.29, 0.717) is 6.42 Å². The van der Waals surface area contributed by atoms with Gasteiger partial charge < -0.3 is 10.8 Å². The van der Waals surface area contributed by atoms with Gasteiger partial charge in [0.15, 0.2) is 0 Å². The highest BCUT2D eigenvalue weighted by Gasteiger charge is 1.97. The predicted octanol–water partition coefficient (Wildman–Crippen LogP) is 5.35. The van der Waals surface area contributed by atoms with E-state index in [1.807, 2.05) is 6.08 Å². The molecule has 1 amide bonds. The highest BCUT2D eigenvalue weighted by atomic mass is 16.4. The minimum Gasteiger partial charge on any atom is -0.481 e. The van der Waals surface area contributed by atoms with Crippen LogP contribution in [0.25, 0.3) is 0 Å². The molecule has 0 aliphatic rings. The molecule has 0 heterocycles. The van der Waals surface area contributed by atoms with Crippen molar-refractivity contribution < 1.29 is 14.7 Å². The van der Waals surface area contributed by atoms with Crippen LogP contribution in [0.3, 0.4) is 0 Å². The normalized spacial score (nSPS) is 11.2. The van der Waals surface area contributed by atoms with E-state index in [-0.39, 0.29) is 5.91 Å². The van der Waals surface area contributed by atoms with Crippen molar-refractivity contribution in [2.24, 2.45) is 5.73 Å². The summed E-state index contributed by atoms with van der Waals surface area (Å²) < 4.78 is 0. The quantitative estimate of drug-likeness (QED) is 0.261. The molecule has 0 saturated heterocycles. The number of carboxylic acids is 1. The summed E-state index contributed by atoms with van der Waals surface area (Å²) in [6, 6.07) is 0. The Morgan fingerprint density at radius 1 is 0.667 bits per heavy atom. The molecule has 0 aromatic rings. The average molecular weight is 340 g/mol. The predicted molar refractivity (Wildman–Crippen MR) is 99.8 cm³/mol. The molecule has 0 aromatic carbocycles. The van der Waals surface area contributed by atoms with E-state index in [2.05, 4.69) is 0 Å². The lowest BCUT2D eigenvalue weighted by molar-refractivity contribution is -0.137. The molecule has 4 nitrogen and oxygen atoms in total. The topological polar surface area (TPSA) is 80.4 Å². The summed E-state index contributed by atoms with van der Waals surface area (Å²) in [6.07, 6.45) is 21.9. The Morgan fingerprint density at radius 3 is 1.42 bits per heavy atom. The van der Waals surface area contributed by atoms with Gasteiger partial charge in [-0.05, 0) is 25.3 Å². The van der Waals surface area contributed by atoms with E-state index in [1.54, 1.807) is 0 Å². The molecule has 0 rings (SSSR count). The van der Waals surface area contributed by atoms with E-state index in [1.165, 1.54) is 76.7 Å². The fourth-order valence-electron chi connectivity index (χ4n) is 2.86. The zero-order valence-electron chi connectivity index (χ0n) is 15.3. The first-order chi connectivity index (χ1) is 11.6. The molecule has 140 valence electrons. The molecular weight excluding hydrogens is 302 g/mol. The van der Waals surface area contributed by atoms with Gasteiger partial charge in [-0.25, -0.2) is 0 Å². The lowest BCUT2D eigenvalue weighted by Crippen LogP contribution is -2.05. The number of nitrogens with two attached hydrogens (primary N) is 1. The molecular formula is C20H37NO3. The van der Waals surface area contributed by atoms with Crippen molar-refractivity contribution in [2.45, 2.75) is 103 Å². The molecule has 0 saturated carbocycles. The van der Waals surface area contributed by atoms with Crippen LogP contribution in [-0.4, -0.2) is 17.0 Å². The van der Waals surface area contributed by atoms with Crippen LogP contribution in [0.5, 0.6) is 0 Å². The number of hydrogen-bond acceptors (Lipinski definition) is 2. The molecule has 3 N–H and O–H groups in total. The monoisotopic (exact) mass is 339 g/mol.